The van der Waals surface area contributed by atoms with E-state index in [9.17, 15) is 14.0 Å². The molecule has 2 N–H and O–H groups in total. The number of carbonyl (C=O) groups is 2. The molecule has 0 heterocycles. The van der Waals surface area contributed by atoms with Crippen molar-refractivity contribution in [3.8, 4) is 5.75 Å². The van der Waals surface area contributed by atoms with Gasteiger partial charge < -0.3 is 10.1 Å². The van der Waals surface area contributed by atoms with Crippen LogP contribution in [-0.4, -0.2) is 31.2 Å². The SMILES string of the molecule is CCOc1ccc2ccccc2c1/C=N/NC(=O)CNC(=O)c1cccc(F)c1. The molecule has 3 aromatic rings. The van der Waals surface area contributed by atoms with Crippen molar-refractivity contribution >= 4 is 28.8 Å². The van der Waals surface area contributed by atoms with Gasteiger partial charge in [0.25, 0.3) is 11.8 Å². The molecule has 7 heteroatoms. The smallest absolute Gasteiger partial charge is 0.259 e. The Morgan fingerprint density at radius 3 is 2.72 bits per heavy atom. The maximum atomic E-state index is 13.2. The zero-order valence-electron chi connectivity index (χ0n) is 15.8. The molecule has 0 fully saturated rings. The van der Waals surface area contributed by atoms with E-state index in [0.29, 0.717) is 12.4 Å². The van der Waals surface area contributed by atoms with Gasteiger partial charge in [-0.2, -0.15) is 5.10 Å². The summed E-state index contributed by atoms with van der Waals surface area (Å²) in [4.78, 5) is 23.9. The van der Waals surface area contributed by atoms with E-state index in [1.54, 1.807) is 0 Å². The van der Waals surface area contributed by atoms with Crippen LogP contribution in [0.3, 0.4) is 0 Å². The van der Waals surface area contributed by atoms with E-state index in [1.165, 1.54) is 24.4 Å². The van der Waals surface area contributed by atoms with Crippen LogP contribution in [0.25, 0.3) is 10.8 Å². The summed E-state index contributed by atoms with van der Waals surface area (Å²) < 4.78 is 18.8. The highest BCUT2D eigenvalue weighted by Crippen LogP contribution is 2.26. The third kappa shape index (κ3) is 5.16. The monoisotopic (exact) mass is 393 g/mol. The van der Waals surface area contributed by atoms with Gasteiger partial charge in [-0.25, -0.2) is 9.82 Å². The molecule has 148 valence electrons. The summed E-state index contributed by atoms with van der Waals surface area (Å²) in [6.45, 7) is 2.09. The van der Waals surface area contributed by atoms with Crippen LogP contribution in [-0.2, 0) is 4.79 Å². The lowest BCUT2D eigenvalue weighted by molar-refractivity contribution is -0.120. The first-order valence-corrected chi connectivity index (χ1v) is 9.08. The Morgan fingerprint density at radius 1 is 1.10 bits per heavy atom. The Kier molecular flexibility index (Phi) is 6.52. The van der Waals surface area contributed by atoms with Crippen LogP contribution in [0.15, 0.2) is 65.8 Å². The highest BCUT2D eigenvalue weighted by atomic mass is 19.1. The van der Waals surface area contributed by atoms with Gasteiger partial charge >= 0.3 is 0 Å². The van der Waals surface area contributed by atoms with Gasteiger partial charge in [0.05, 0.1) is 19.4 Å². The molecule has 3 rings (SSSR count). The summed E-state index contributed by atoms with van der Waals surface area (Å²) in [5.74, 6) is -0.920. The minimum absolute atomic E-state index is 0.137. The van der Waals surface area contributed by atoms with Crippen molar-refractivity contribution in [2.75, 3.05) is 13.2 Å². The fourth-order valence-electron chi connectivity index (χ4n) is 2.79. The van der Waals surface area contributed by atoms with Gasteiger partial charge in [-0.15, -0.1) is 0 Å². The number of hydrogen-bond acceptors (Lipinski definition) is 4. The highest BCUT2D eigenvalue weighted by Gasteiger charge is 2.09. The second kappa shape index (κ2) is 9.45. The fraction of sp³-hybridized carbons (Fsp3) is 0.136. The number of rotatable bonds is 7. The van der Waals surface area contributed by atoms with Gasteiger partial charge in [0.1, 0.15) is 11.6 Å². The van der Waals surface area contributed by atoms with Gasteiger partial charge in [-0.3, -0.25) is 9.59 Å². The summed E-state index contributed by atoms with van der Waals surface area (Å²) in [7, 11) is 0. The second-order valence-electron chi connectivity index (χ2n) is 6.12. The second-order valence-corrected chi connectivity index (χ2v) is 6.12. The molecule has 0 atom stereocenters. The zero-order valence-corrected chi connectivity index (χ0v) is 15.8. The van der Waals surface area contributed by atoms with Gasteiger partial charge in [-0.05, 0) is 42.0 Å². The Morgan fingerprint density at radius 2 is 1.93 bits per heavy atom. The number of nitrogens with zero attached hydrogens (tertiary/aromatic N) is 1. The largest absolute Gasteiger partial charge is 0.493 e. The van der Waals surface area contributed by atoms with Crippen LogP contribution in [0, 0.1) is 5.82 Å². The third-order valence-electron chi connectivity index (χ3n) is 4.11. The van der Waals surface area contributed by atoms with E-state index in [0.717, 1.165) is 22.4 Å². The molecule has 0 aliphatic carbocycles. The van der Waals surface area contributed by atoms with E-state index in [-0.39, 0.29) is 12.1 Å². The van der Waals surface area contributed by atoms with Gasteiger partial charge in [0.2, 0.25) is 0 Å². The average molecular weight is 393 g/mol. The zero-order chi connectivity index (χ0) is 20.6. The normalized spacial score (nSPS) is 10.8. The molecule has 2 amide bonds. The minimum atomic E-state index is -0.545. The average Bonchev–Trinajstić information content (AvgIpc) is 2.73. The van der Waals surface area contributed by atoms with Crippen LogP contribution in [0.2, 0.25) is 0 Å². The Labute approximate surface area is 167 Å². The number of hydrazone groups is 1. The molecule has 0 aliphatic rings. The number of nitrogens with one attached hydrogen (secondary N) is 2. The number of fused-ring (bicyclic) bond motifs is 1. The highest BCUT2D eigenvalue weighted by molar-refractivity contribution is 6.03. The molecule has 0 aromatic heterocycles. The van der Waals surface area contributed by atoms with Crippen LogP contribution in [0.1, 0.15) is 22.8 Å². The predicted molar refractivity (Wildman–Crippen MR) is 110 cm³/mol. The first-order chi connectivity index (χ1) is 14.1. The summed E-state index contributed by atoms with van der Waals surface area (Å²) in [5, 5.41) is 8.36. The third-order valence-corrected chi connectivity index (χ3v) is 4.11. The standard InChI is InChI=1S/C22H20FN3O3/c1-2-29-20-11-10-15-6-3-4-9-18(15)19(20)13-25-26-21(27)14-24-22(28)16-7-5-8-17(23)12-16/h3-13H,2,14H2,1H3,(H,24,28)(H,26,27)/b25-13+. The molecule has 0 spiro atoms. The van der Waals surface area contributed by atoms with Crippen molar-refractivity contribution in [3.05, 3.63) is 77.6 Å². The molecule has 0 saturated heterocycles. The number of halogens is 1. The quantitative estimate of drug-likeness (QED) is 0.478. The van der Waals surface area contributed by atoms with Crippen molar-refractivity contribution in [2.45, 2.75) is 6.92 Å². The molecule has 0 radical (unpaired) electrons. The van der Waals surface area contributed by atoms with E-state index in [1.807, 2.05) is 43.3 Å². The molecule has 0 aliphatic heterocycles. The molecular formula is C22H20FN3O3. The van der Waals surface area contributed by atoms with Crippen molar-refractivity contribution in [1.82, 2.24) is 10.7 Å². The van der Waals surface area contributed by atoms with Gasteiger partial charge in [-0.1, -0.05) is 36.4 Å². The van der Waals surface area contributed by atoms with Crippen molar-refractivity contribution in [2.24, 2.45) is 5.10 Å². The predicted octanol–water partition coefficient (Wildman–Crippen LogP) is 3.26. The Bertz CT molecular complexity index is 1070. The lowest BCUT2D eigenvalue weighted by atomic mass is 10.0. The number of carbonyl (C=O) groups excluding carboxylic acids is 2. The Balaban J connectivity index is 1.64. The first kappa shape index (κ1) is 20.0. The fourth-order valence-corrected chi connectivity index (χ4v) is 2.79. The van der Waals surface area contributed by atoms with Crippen molar-refractivity contribution in [3.63, 3.8) is 0 Å². The minimum Gasteiger partial charge on any atom is -0.493 e. The number of hydrogen-bond donors (Lipinski definition) is 2. The summed E-state index contributed by atoms with van der Waals surface area (Å²) in [6.07, 6.45) is 1.51. The lowest BCUT2D eigenvalue weighted by Gasteiger charge is -2.10. The van der Waals surface area contributed by atoms with E-state index in [2.05, 4.69) is 15.8 Å². The van der Waals surface area contributed by atoms with Crippen LogP contribution in [0.5, 0.6) is 5.75 Å². The molecular weight excluding hydrogens is 373 g/mol. The van der Waals surface area contributed by atoms with Crippen molar-refractivity contribution in [1.29, 1.82) is 0 Å². The first-order valence-electron chi connectivity index (χ1n) is 9.08. The molecule has 6 nitrogen and oxygen atoms in total. The number of amides is 2. The topological polar surface area (TPSA) is 79.8 Å². The van der Waals surface area contributed by atoms with Gasteiger partial charge in [0.15, 0.2) is 0 Å². The summed E-state index contributed by atoms with van der Waals surface area (Å²) >= 11 is 0. The van der Waals surface area contributed by atoms with Crippen LogP contribution < -0.4 is 15.5 Å². The molecule has 0 saturated carbocycles. The number of benzene rings is 3. The van der Waals surface area contributed by atoms with E-state index in [4.69, 9.17) is 4.74 Å². The lowest BCUT2D eigenvalue weighted by Crippen LogP contribution is -2.34. The maximum absolute atomic E-state index is 13.2. The van der Waals surface area contributed by atoms with Crippen LogP contribution in [0.4, 0.5) is 4.39 Å². The molecule has 0 bridgehead atoms. The maximum Gasteiger partial charge on any atom is 0.259 e. The van der Waals surface area contributed by atoms with Gasteiger partial charge in [0, 0.05) is 11.1 Å². The number of ether oxygens (including phenoxy) is 1. The Hall–Kier alpha value is -3.74. The summed E-state index contributed by atoms with van der Waals surface area (Å²) in [5.41, 5.74) is 3.25. The van der Waals surface area contributed by atoms with Crippen LogP contribution >= 0.6 is 0 Å². The summed E-state index contributed by atoms with van der Waals surface area (Å²) in [6, 6.07) is 16.8. The van der Waals surface area contributed by atoms with Crippen molar-refractivity contribution < 1.29 is 18.7 Å². The molecule has 29 heavy (non-hydrogen) atoms. The molecule has 0 unspecified atom stereocenters. The van der Waals surface area contributed by atoms with E-state index >= 15 is 0 Å². The molecule has 3 aromatic carbocycles. The van der Waals surface area contributed by atoms with E-state index < -0.39 is 17.6 Å².